The van der Waals surface area contributed by atoms with E-state index >= 15 is 0 Å². The Labute approximate surface area is 161 Å². The lowest BCUT2D eigenvalue weighted by Gasteiger charge is -2.24. The Kier molecular flexibility index (Phi) is 12.6. The minimum atomic E-state index is -1.23. The molecule has 0 aromatic heterocycles. The second kappa shape index (κ2) is 13.5. The minimum Gasteiger partial charge on any atom is -0.391 e. The maximum absolute atomic E-state index is 12.3. The molecule has 4 atom stereocenters. The van der Waals surface area contributed by atoms with Crippen LogP contribution in [0.3, 0.4) is 0 Å². The molecule has 0 fully saturated rings. The van der Waals surface area contributed by atoms with Crippen molar-refractivity contribution in [3.05, 3.63) is 0 Å². The quantitative estimate of drug-likeness (QED) is 0.211. The van der Waals surface area contributed by atoms with Gasteiger partial charge in [-0.2, -0.15) is 0 Å². The maximum atomic E-state index is 12.3. The molecule has 0 spiro atoms. The van der Waals surface area contributed by atoms with Gasteiger partial charge in [-0.15, -0.1) is 0 Å². The largest absolute Gasteiger partial charge is 0.391 e. The number of carbonyl (C=O) groups excluding carboxylic acids is 3. The number of unbranched alkanes of at least 4 members (excludes halogenated alkanes) is 2. The molecular formula is C18H37N5O4. The van der Waals surface area contributed by atoms with Gasteiger partial charge in [0.05, 0.1) is 12.1 Å². The summed E-state index contributed by atoms with van der Waals surface area (Å²) in [5, 5.41) is 14.7. The molecule has 0 aliphatic carbocycles. The average molecular weight is 388 g/mol. The first-order chi connectivity index (χ1) is 12.6. The smallest absolute Gasteiger partial charge is 0.245 e. The van der Waals surface area contributed by atoms with Gasteiger partial charge in [0, 0.05) is 0 Å². The van der Waals surface area contributed by atoms with Gasteiger partial charge >= 0.3 is 0 Å². The van der Waals surface area contributed by atoms with E-state index in [2.05, 4.69) is 24.5 Å². The van der Waals surface area contributed by atoms with Crippen LogP contribution in [0.2, 0.25) is 0 Å². The van der Waals surface area contributed by atoms with E-state index in [9.17, 15) is 19.5 Å². The molecule has 0 aromatic carbocycles. The highest BCUT2D eigenvalue weighted by molar-refractivity contribution is 5.93. The van der Waals surface area contributed by atoms with E-state index in [0.717, 1.165) is 25.7 Å². The van der Waals surface area contributed by atoms with Crippen molar-refractivity contribution in [1.29, 1.82) is 0 Å². The van der Waals surface area contributed by atoms with Gasteiger partial charge in [0.1, 0.15) is 12.1 Å². The molecule has 9 heteroatoms. The normalized spacial score (nSPS) is 15.7. The fourth-order valence-electron chi connectivity index (χ4n) is 2.60. The topological polar surface area (TPSA) is 174 Å². The van der Waals surface area contributed by atoms with E-state index in [1.807, 2.05) is 0 Å². The first kappa shape index (κ1) is 25.3. The molecule has 0 aromatic rings. The van der Waals surface area contributed by atoms with Crippen LogP contribution in [0.25, 0.3) is 0 Å². The molecule has 9 nitrogen and oxygen atoms in total. The Morgan fingerprint density at radius 3 is 2.00 bits per heavy atom. The summed E-state index contributed by atoms with van der Waals surface area (Å²) in [5.41, 5.74) is 16.5. The molecule has 0 saturated heterocycles. The maximum Gasteiger partial charge on any atom is 0.245 e. The van der Waals surface area contributed by atoms with E-state index < -0.39 is 42.0 Å². The SMILES string of the molecule is CC(C)CCCCC[C@@H](N)C(=O)N[C@H](C(=O)N[C@@H](CCN)C(N)=O)[C@@H](C)O. The van der Waals surface area contributed by atoms with E-state index in [0.29, 0.717) is 12.3 Å². The van der Waals surface area contributed by atoms with Crippen molar-refractivity contribution in [2.45, 2.75) is 83.5 Å². The van der Waals surface area contributed by atoms with Gasteiger partial charge in [-0.05, 0) is 32.2 Å². The number of aliphatic hydroxyl groups is 1. The minimum absolute atomic E-state index is 0.154. The Balaban J connectivity index is 4.59. The summed E-state index contributed by atoms with van der Waals surface area (Å²) >= 11 is 0. The number of aliphatic hydroxyl groups excluding tert-OH is 1. The molecule has 3 amide bonds. The standard InChI is InChI=1S/C18H37N5O4/c1-11(2)7-5-4-6-8-13(20)17(26)23-15(12(3)24)18(27)22-14(9-10-19)16(21)25/h11-15,24H,4-10,19-20H2,1-3H3,(H2,21,25)(H,22,27)(H,23,26)/t12-,13-,14+,15+/m1/s1. The van der Waals surface area contributed by atoms with Crippen molar-refractivity contribution >= 4 is 17.7 Å². The first-order valence-electron chi connectivity index (χ1n) is 9.63. The second-order valence-corrected chi connectivity index (χ2v) is 7.41. The molecule has 0 saturated carbocycles. The molecule has 9 N–H and O–H groups in total. The number of nitrogens with one attached hydrogen (secondary N) is 2. The molecular weight excluding hydrogens is 350 g/mol. The van der Waals surface area contributed by atoms with Gasteiger partial charge in [-0.25, -0.2) is 0 Å². The van der Waals surface area contributed by atoms with Crippen LogP contribution in [0.15, 0.2) is 0 Å². The van der Waals surface area contributed by atoms with Crippen LogP contribution in [0.1, 0.15) is 59.3 Å². The van der Waals surface area contributed by atoms with Crippen molar-refractivity contribution in [3.8, 4) is 0 Å². The number of nitrogens with two attached hydrogens (primary N) is 3. The number of primary amides is 1. The van der Waals surface area contributed by atoms with Gasteiger partial charge in [0.2, 0.25) is 17.7 Å². The summed E-state index contributed by atoms with van der Waals surface area (Å²) in [7, 11) is 0. The fourth-order valence-corrected chi connectivity index (χ4v) is 2.60. The lowest BCUT2D eigenvalue weighted by atomic mass is 10.0. The van der Waals surface area contributed by atoms with Crippen molar-refractivity contribution in [1.82, 2.24) is 10.6 Å². The lowest BCUT2D eigenvalue weighted by molar-refractivity contribution is -0.134. The second-order valence-electron chi connectivity index (χ2n) is 7.41. The molecule has 0 unspecified atom stereocenters. The van der Waals surface area contributed by atoms with E-state index in [1.165, 1.54) is 6.92 Å². The Morgan fingerprint density at radius 1 is 0.926 bits per heavy atom. The number of hydrogen-bond donors (Lipinski definition) is 6. The van der Waals surface area contributed by atoms with Gasteiger partial charge < -0.3 is 32.9 Å². The molecule has 0 radical (unpaired) electrons. The predicted octanol–water partition coefficient (Wildman–Crippen LogP) is -0.895. The van der Waals surface area contributed by atoms with E-state index in [-0.39, 0.29) is 13.0 Å². The molecule has 0 rings (SSSR count). The summed E-state index contributed by atoms with van der Waals surface area (Å²) < 4.78 is 0. The zero-order valence-corrected chi connectivity index (χ0v) is 16.7. The molecule has 0 aliphatic heterocycles. The van der Waals surface area contributed by atoms with Crippen molar-refractivity contribution < 1.29 is 19.5 Å². The summed E-state index contributed by atoms with van der Waals surface area (Å²) in [6, 6.07) is -2.96. The summed E-state index contributed by atoms with van der Waals surface area (Å²) in [4.78, 5) is 35.9. The zero-order chi connectivity index (χ0) is 21.0. The highest BCUT2D eigenvalue weighted by Crippen LogP contribution is 2.10. The van der Waals surface area contributed by atoms with Gasteiger partial charge in [0.25, 0.3) is 0 Å². The Morgan fingerprint density at radius 2 is 1.52 bits per heavy atom. The Bertz CT molecular complexity index is 471. The Hall–Kier alpha value is -1.71. The van der Waals surface area contributed by atoms with Crippen LogP contribution >= 0.6 is 0 Å². The highest BCUT2D eigenvalue weighted by atomic mass is 16.3. The van der Waals surface area contributed by atoms with Crippen LogP contribution in [-0.2, 0) is 14.4 Å². The number of carbonyl (C=O) groups is 3. The third-order valence-electron chi connectivity index (χ3n) is 4.31. The first-order valence-corrected chi connectivity index (χ1v) is 9.63. The monoisotopic (exact) mass is 387 g/mol. The van der Waals surface area contributed by atoms with E-state index in [1.54, 1.807) is 0 Å². The van der Waals surface area contributed by atoms with Crippen LogP contribution < -0.4 is 27.8 Å². The summed E-state index contributed by atoms with van der Waals surface area (Å²) in [6.45, 7) is 5.85. The van der Waals surface area contributed by atoms with Gasteiger partial charge in [0.15, 0.2) is 0 Å². The highest BCUT2D eigenvalue weighted by Gasteiger charge is 2.30. The third kappa shape index (κ3) is 10.9. The fraction of sp³-hybridized carbons (Fsp3) is 0.833. The number of hydrogen-bond acceptors (Lipinski definition) is 6. The van der Waals surface area contributed by atoms with Crippen molar-refractivity contribution in [2.75, 3.05) is 6.54 Å². The van der Waals surface area contributed by atoms with Crippen LogP contribution in [0.4, 0.5) is 0 Å². The molecule has 0 aliphatic rings. The number of amides is 3. The van der Waals surface area contributed by atoms with Gasteiger partial charge in [-0.1, -0.05) is 39.5 Å². The lowest BCUT2D eigenvalue weighted by Crippen LogP contribution is -2.58. The molecule has 0 bridgehead atoms. The van der Waals surface area contributed by atoms with Crippen LogP contribution in [-0.4, -0.2) is 53.6 Å². The summed E-state index contributed by atoms with van der Waals surface area (Å²) in [5.74, 6) is -1.31. The predicted molar refractivity (Wildman–Crippen MR) is 104 cm³/mol. The van der Waals surface area contributed by atoms with Crippen LogP contribution in [0, 0.1) is 5.92 Å². The summed E-state index contributed by atoms with van der Waals surface area (Å²) in [6.07, 6.45) is 3.51. The van der Waals surface area contributed by atoms with Crippen molar-refractivity contribution in [2.24, 2.45) is 23.1 Å². The van der Waals surface area contributed by atoms with Crippen molar-refractivity contribution in [3.63, 3.8) is 0 Å². The van der Waals surface area contributed by atoms with Gasteiger partial charge in [-0.3, -0.25) is 14.4 Å². The van der Waals surface area contributed by atoms with E-state index in [4.69, 9.17) is 17.2 Å². The molecule has 158 valence electrons. The number of rotatable bonds is 14. The molecule has 0 heterocycles. The average Bonchev–Trinajstić information content (AvgIpc) is 2.57. The third-order valence-corrected chi connectivity index (χ3v) is 4.31. The van der Waals surface area contributed by atoms with Crippen LogP contribution in [0.5, 0.6) is 0 Å². The molecule has 27 heavy (non-hydrogen) atoms. The zero-order valence-electron chi connectivity index (χ0n) is 16.7.